The summed E-state index contributed by atoms with van der Waals surface area (Å²) in [5.41, 5.74) is 0.482. The highest BCUT2D eigenvalue weighted by Gasteiger charge is 2.11. The lowest BCUT2D eigenvalue weighted by Gasteiger charge is -2.10. The Morgan fingerprint density at radius 3 is 1.80 bits per heavy atom. The van der Waals surface area contributed by atoms with Crippen molar-refractivity contribution in [3.63, 3.8) is 0 Å². The molecule has 2 aromatic carbocycles. The Balaban J connectivity index is 1.43. The molecule has 0 amide bonds. The maximum absolute atomic E-state index is 11.7. The molecule has 0 aliphatic heterocycles. The highest BCUT2D eigenvalue weighted by molar-refractivity contribution is 5.92. The second kappa shape index (κ2) is 14.3. The lowest BCUT2D eigenvalue weighted by atomic mass is 10.1. The van der Waals surface area contributed by atoms with Crippen molar-refractivity contribution < 1.29 is 23.7 Å². The second-order valence-corrected chi connectivity index (χ2v) is 7.19. The van der Waals surface area contributed by atoms with Crippen LogP contribution in [0.3, 0.4) is 0 Å². The first-order valence-corrected chi connectivity index (χ1v) is 10.8. The van der Waals surface area contributed by atoms with Gasteiger partial charge < -0.3 is 18.9 Å². The fraction of sp³-hybridized carbons (Fsp3) is 0.480. The minimum atomic E-state index is -0.361. The van der Waals surface area contributed by atoms with Gasteiger partial charge in [0.25, 0.3) is 0 Å². The SMILES string of the molecule is COC(=O)c1ccccc1OCCCCCCCCCCOc1ccc(OC)cc1. The molecule has 164 valence electrons. The number of unbranched alkanes of at least 4 members (excludes halogenated alkanes) is 7. The van der Waals surface area contributed by atoms with E-state index in [4.69, 9.17) is 18.9 Å². The van der Waals surface area contributed by atoms with Crippen LogP contribution in [0, 0.1) is 0 Å². The predicted molar refractivity (Wildman–Crippen MR) is 119 cm³/mol. The van der Waals surface area contributed by atoms with Gasteiger partial charge in [-0.15, -0.1) is 0 Å². The van der Waals surface area contributed by atoms with Crippen LogP contribution in [0.15, 0.2) is 48.5 Å². The first-order valence-electron chi connectivity index (χ1n) is 10.8. The quantitative estimate of drug-likeness (QED) is 0.262. The number of methoxy groups -OCH3 is 2. The number of benzene rings is 2. The summed E-state index contributed by atoms with van der Waals surface area (Å²) < 4.78 is 21.4. The third-order valence-electron chi connectivity index (χ3n) is 4.92. The first kappa shape index (κ1) is 23.6. The summed E-state index contributed by atoms with van der Waals surface area (Å²) in [4.78, 5) is 11.7. The zero-order valence-electron chi connectivity index (χ0n) is 18.2. The van der Waals surface area contributed by atoms with Crippen molar-refractivity contribution in [2.45, 2.75) is 51.4 Å². The predicted octanol–water partition coefficient (Wildman–Crippen LogP) is 6.06. The van der Waals surface area contributed by atoms with Gasteiger partial charge in [-0.2, -0.15) is 0 Å². The maximum atomic E-state index is 11.7. The molecule has 30 heavy (non-hydrogen) atoms. The molecule has 0 fully saturated rings. The molecule has 0 radical (unpaired) electrons. The molecule has 5 nitrogen and oxygen atoms in total. The van der Waals surface area contributed by atoms with Crippen molar-refractivity contribution in [2.75, 3.05) is 27.4 Å². The molecule has 2 aromatic rings. The standard InChI is InChI=1S/C25H34O5/c1-27-21-15-17-22(18-16-21)29-19-11-7-5-3-4-6-8-12-20-30-24-14-10-9-13-23(24)25(26)28-2/h9-10,13-18H,3-8,11-12,19-20H2,1-2H3. The summed E-state index contributed by atoms with van der Waals surface area (Å²) in [5, 5.41) is 0. The number of esters is 1. The number of rotatable bonds is 15. The average Bonchev–Trinajstić information content (AvgIpc) is 2.80. The van der Waals surface area contributed by atoms with Crippen molar-refractivity contribution >= 4 is 5.97 Å². The van der Waals surface area contributed by atoms with Crippen LogP contribution in [0.4, 0.5) is 0 Å². The molecule has 0 bridgehead atoms. The molecule has 5 heteroatoms. The molecule has 0 saturated carbocycles. The molecular formula is C25H34O5. The van der Waals surface area contributed by atoms with E-state index in [0.717, 1.165) is 37.4 Å². The van der Waals surface area contributed by atoms with E-state index >= 15 is 0 Å². The van der Waals surface area contributed by atoms with Crippen LogP contribution in [-0.2, 0) is 4.74 Å². The van der Waals surface area contributed by atoms with E-state index in [1.807, 2.05) is 42.5 Å². The van der Waals surface area contributed by atoms with Crippen LogP contribution in [0.5, 0.6) is 17.2 Å². The third kappa shape index (κ3) is 8.76. The molecule has 0 aromatic heterocycles. The van der Waals surface area contributed by atoms with Gasteiger partial charge >= 0.3 is 5.97 Å². The highest BCUT2D eigenvalue weighted by atomic mass is 16.5. The lowest BCUT2D eigenvalue weighted by Crippen LogP contribution is -2.06. The normalized spacial score (nSPS) is 10.5. The van der Waals surface area contributed by atoms with Gasteiger partial charge in [0.2, 0.25) is 0 Å². The number of ether oxygens (including phenoxy) is 4. The third-order valence-corrected chi connectivity index (χ3v) is 4.92. The molecule has 2 rings (SSSR count). The highest BCUT2D eigenvalue weighted by Crippen LogP contribution is 2.20. The topological polar surface area (TPSA) is 54.0 Å². The summed E-state index contributed by atoms with van der Waals surface area (Å²) >= 11 is 0. The zero-order chi connectivity index (χ0) is 21.4. The number of para-hydroxylation sites is 1. The van der Waals surface area contributed by atoms with Crippen molar-refractivity contribution in [1.29, 1.82) is 0 Å². The van der Waals surface area contributed by atoms with Crippen LogP contribution < -0.4 is 14.2 Å². The number of hydrogen-bond acceptors (Lipinski definition) is 5. The van der Waals surface area contributed by atoms with E-state index < -0.39 is 0 Å². The van der Waals surface area contributed by atoms with Crippen LogP contribution >= 0.6 is 0 Å². The monoisotopic (exact) mass is 414 g/mol. The summed E-state index contributed by atoms with van der Waals surface area (Å²) in [6.45, 7) is 1.38. The van der Waals surface area contributed by atoms with E-state index in [1.165, 1.54) is 39.2 Å². The lowest BCUT2D eigenvalue weighted by molar-refractivity contribution is 0.0596. The van der Waals surface area contributed by atoms with E-state index in [2.05, 4.69) is 0 Å². The maximum Gasteiger partial charge on any atom is 0.341 e. The minimum absolute atomic E-state index is 0.361. The van der Waals surface area contributed by atoms with Crippen LogP contribution in [0.2, 0.25) is 0 Å². The second-order valence-electron chi connectivity index (χ2n) is 7.19. The van der Waals surface area contributed by atoms with Gasteiger partial charge in [-0.05, 0) is 49.2 Å². The molecule has 0 saturated heterocycles. The molecule has 0 spiro atoms. The van der Waals surface area contributed by atoms with Gasteiger partial charge in [0, 0.05) is 0 Å². The number of carbonyl (C=O) groups excluding carboxylic acids is 1. The zero-order valence-corrected chi connectivity index (χ0v) is 18.2. The minimum Gasteiger partial charge on any atom is -0.497 e. The summed E-state index contributed by atoms with van der Waals surface area (Å²) in [6, 6.07) is 14.9. The van der Waals surface area contributed by atoms with E-state index in [1.54, 1.807) is 13.2 Å². The summed E-state index contributed by atoms with van der Waals surface area (Å²) in [7, 11) is 3.05. The summed E-state index contributed by atoms with van der Waals surface area (Å²) in [5.74, 6) is 1.98. The Bertz CT molecular complexity index is 727. The molecular weight excluding hydrogens is 380 g/mol. The van der Waals surface area contributed by atoms with Gasteiger partial charge in [0.05, 0.1) is 27.4 Å². The fourth-order valence-corrected chi connectivity index (χ4v) is 3.18. The van der Waals surface area contributed by atoms with E-state index in [0.29, 0.717) is 17.9 Å². The van der Waals surface area contributed by atoms with Crippen LogP contribution in [0.1, 0.15) is 61.7 Å². The fourth-order valence-electron chi connectivity index (χ4n) is 3.18. The van der Waals surface area contributed by atoms with Gasteiger partial charge in [0.15, 0.2) is 0 Å². The van der Waals surface area contributed by atoms with Crippen molar-refractivity contribution in [3.8, 4) is 17.2 Å². The molecule has 0 unspecified atom stereocenters. The van der Waals surface area contributed by atoms with Gasteiger partial charge in [-0.3, -0.25) is 0 Å². The summed E-state index contributed by atoms with van der Waals surface area (Å²) in [6.07, 6.45) is 9.38. The molecule has 0 atom stereocenters. The Labute approximate surface area is 180 Å². The number of carbonyl (C=O) groups is 1. The Hall–Kier alpha value is -2.69. The molecule has 0 N–H and O–H groups in total. The molecule has 0 aliphatic rings. The largest absolute Gasteiger partial charge is 0.497 e. The molecule has 0 aliphatic carbocycles. The number of hydrogen-bond donors (Lipinski definition) is 0. The van der Waals surface area contributed by atoms with Crippen LogP contribution in [0.25, 0.3) is 0 Å². The van der Waals surface area contributed by atoms with Crippen LogP contribution in [-0.4, -0.2) is 33.4 Å². The van der Waals surface area contributed by atoms with Crippen molar-refractivity contribution in [1.82, 2.24) is 0 Å². The van der Waals surface area contributed by atoms with Gasteiger partial charge in [-0.1, -0.05) is 50.7 Å². The van der Waals surface area contributed by atoms with Crippen molar-refractivity contribution in [3.05, 3.63) is 54.1 Å². The Morgan fingerprint density at radius 2 is 1.20 bits per heavy atom. The van der Waals surface area contributed by atoms with Gasteiger partial charge in [0.1, 0.15) is 22.8 Å². The average molecular weight is 415 g/mol. The van der Waals surface area contributed by atoms with Crippen molar-refractivity contribution in [2.24, 2.45) is 0 Å². The first-order chi connectivity index (χ1) is 14.7. The van der Waals surface area contributed by atoms with Gasteiger partial charge in [-0.25, -0.2) is 4.79 Å². The Kier molecular flexibility index (Phi) is 11.3. The van der Waals surface area contributed by atoms with E-state index in [-0.39, 0.29) is 5.97 Å². The van der Waals surface area contributed by atoms with E-state index in [9.17, 15) is 4.79 Å². The smallest absolute Gasteiger partial charge is 0.341 e. The molecule has 0 heterocycles. The Morgan fingerprint density at radius 1 is 0.667 bits per heavy atom.